The van der Waals surface area contributed by atoms with Crippen molar-refractivity contribution in [3.05, 3.63) is 0 Å². The van der Waals surface area contributed by atoms with Crippen LogP contribution in [0, 0.1) is 0 Å². The van der Waals surface area contributed by atoms with E-state index in [4.69, 9.17) is 9.47 Å². The molecular formula is C39H78N2O4. The summed E-state index contributed by atoms with van der Waals surface area (Å²) in [4.78, 5) is 25.0. The topological polar surface area (TPSA) is 76.7 Å². The van der Waals surface area contributed by atoms with Gasteiger partial charge in [-0.3, -0.25) is 4.79 Å². The Kier molecular flexibility index (Phi) is 34.5. The minimum Gasteiger partial charge on any atom is -0.462 e. The number of carbonyl (C=O) groups is 2. The average molecular weight is 639 g/mol. The second-order valence-corrected chi connectivity index (χ2v) is 13.4. The van der Waals surface area contributed by atoms with Crippen LogP contribution in [0.25, 0.3) is 0 Å². The number of amides is 2. The van der Waals surface area contributed by atoms with E-state index in [2.05, 4.69) is 38.3 Å². The number of ether oxygens (including phenoxy) is 2. The third-order valence-corrected chi connectivity index (χ3v) is 8.96. The maximum Gasteiger partial charge on any atom is 0.315 e. The highest BCUT2D eigenvalue weighted by Crippen LogP contribution is 2.16. The minimum absolute atomic E-state index is 0.0144. The first-order valence-corrected chi connectivity index (χ1v) is 19.9. The molecule has 0 rings (SSSR count). The van der Waals surface area contributed by atoms with Gasteiger partial charge in [-0.15, -0.1) is 0 Å². The smallest absolute Gasteiger partial charge is 0.315 e. The highest BCUT2D eigenvalue weighted by Gasteiger charge is 2.16. The standard InChI is InChI=1S/C39H78N2O4/c1-5-9-12-15-17-19-21-23-26-29-33-40-39(43)41-36(8-4)35-44-34-32-37(30-27-24-14-11-7-3)45-38(42)31-28-25-22-20-18-16-13-10-6-2/h36-37H,5-35H2,1-4H3,(H2,40,41,43)/t36-,37+/m0/s1. The zero-order chi connectivity index (χ0) is 33.1. The normalized spacial score (nSPS) is 12.6. The number of carbonyl (C=O) groups excluding carboxylic acids is 2. The Hall–Kier alpha value is -1.30. The van der Waals surface area contributed by atoms with Crippen LogP contribution in [-0.2, 0) is 14.3 Å². The van der Waals surface area contributed by atoms with Gasteiger partial charge in [0, 0.05) is 19.4 Å². The number of esters is 1. The Labute approximate surface area is 280 Å². The molecule has 6 heteroatoms. The van der Waals surface area contributed by atoms with Gasteiger partial charge in [0.15, 0.2) is 0 Å². The summed E-state index contributed by atoms with van der Waals surface area (Å²) in [5.41, 5.74) is 0. The van der Waals surface area contributed by atoms with Crippen molar-refractivity contribution in [2.24, 2.45) is 0 Å². The lowest BCUT2D eigenvalue weighted by Crippen LogP contribution is -2.44. The van der Waals surface area contributed by atoms with Gasteiger partial charge in [-0.25, -0.2) is 4.79 Å². The predicted octanol–water partition coefficient (Wildman–Crippen LogP) is 11.6. The van der Waals surface area contributed by atoms with E-state index in [1.165, 1.54) is 128 Å². The number of unbranched alkanes of at least 4 members (excludes halogenated alkanes) is 21. The van der Waals surface area contributed by atoms with Gasteiger partial charge in [0.2, 0.25) is 0 Å². The molecule has 2 amide bonds. The Morgan fingerprint density at radius 2 is 1.02 bits per heavy atom. The molecule has 0 radical (unpaired) electrons. The molecule has 0 aromatic carbocycles. The molecule has 0 aliphatic rings. The summed E-state index contributed by atoms with van der Waals surface area (Å²) in [7, 11) is 0. The second kappa shape index (κ2) is 35.6. The number of nitrogens with one attached hydrogen (secondary N) is 2. The zero-order valence-electron chi connectivity index (χ0n) is 30.7. The molecule has 2 atom stereocenters. The summed E-state index contributed by atoms with van der Waals surface area (Å²) < 4.78 is 11.9. The summed E-state index contributed by atoms with van der Waals surface area (Å²) in [6, 6.07) is -0.115. The summed E-state index contributed by atoms with van der Waals surface area (Å²) in [6.45, 7) is 10.6. The first-order valence-electron chi connectivity index (χ1n) is 19.9. The van der Waals surface area contributed by atoms with Crippen LogP contribution in [0.1, 0.15) is 207 Å². The van der Waals surface area contributed by atoms with E-state index in [0.29, 0.717) is 19.6 Å². The van der Waals surface area contributed by atoms with Crippen molar-refractivity contribution in [3.63, 3.8) is 0 Å². The monoisotopic (exact) mass is 639 g/mol. The van der Waals surface area contributed by atoms with Crippen LogP contribution in [0.2, 0.25) is 0 Å². The lowest BCUT2D eigenvalue weighted by atomic mass is 10.1. The first-order chi connectivity index (χ1) is 22.1. The summed E-state index contributed by atoms with van der Waals surface area (Å²) >= 11 is 0. The van der Waals surface area contributed by atoms with E-state index in [1.807, 2.05) is 0 Å². The molecule has 0 heterocycles. The van der Waals surface area contributed by atoms with Crippen molar-refractivity contribution in [1.29, 1.82) is 0 Å². The molecule has 0 unspecified atom stereocenters. The molecule has 2 N–H and O–H groups in total. The van der Waals surface area contributed by atoms with Crippen LogP contribution in [0.3, 0.4) is 0 Å². The van der Waals surface area contributed by atoms with Gasteiger partial charge < -0.3 is 20.1 Å². The van der Waals surface area contributed by atoms with E-state index in [-0.39, 0.29) is 24.1 Å². The molecule has 0 saturated heterocycles. The SMILES string of the molecule is CCCCCCCCCCCCNC(=O)N[C@@H](CC)COCC[C@@H](CCCCCCC)OC(=O)CCCCCCCCCCC. The molecule has 0 aliphatic carbocycles. The molecule has 45 heavy (non-hydrogen) atoms. The first kappa shape index (κ1) is 43.7. The van der Waals surface area contributed by atoms with Crippen molar-refractivity contribution < 1.29 is 19.1 Å². The maximum absolute atomic E-state index is 12.6. The van der Waals surface area contributed by atoms with Crippen LogP contribution in [-0.4, -0.2) is 43.9 Å². The van der Waals surface area contributed by atoms with E-state index in [9.17, 15) is 9.59 Å². The lowest BCUT2D eigenvalue weighted by Gasteiger charge is -2.20. The number of urea groups is 1. The van der Waals surface area contributed by atoms with Crippen molar-refractivity contribution in [1.82, 2.24) is 10.6 Å². The average Bonchev–Trinajstić information content (AvgIpc) is 3.03. The minimum atomic E-state index is -0.100. The van der Waals surface area contributed by atoms with Crippen LogP contribution >= 0.6 is 0 Å². The molecule has 0 aromatic rings. The lowest BCUT2D eigenvalue weighted by molar-refractivity contribution is -0.150. The van der Waals surface area contributed by atoms with Crippen molar-refractivity contribution in [2.75, 3.05) is 19.8 Å². The van der Waals surface area contributed by atoms with Gasteiger partial charge in [0.1, 0.15) is 6.10 Å². The Morgan fingerprint density at radius 1 is 0.556 bits per heavy atom. The summed E-state index contributed by atoms with van der Waals surface area (Å²) in [6.07, 6.45) is 33.1. The largest absolute Gasteiger partial charge is 0.462 e. The Morgan fingerprint density at radius 3 is 1.53 bits per heavy atom. The highest BCUT2D eigenvalue weighted by molar-refractivity contribution is 5.74. The molecule has 6 nitrogen and oxygen atoms in total. The quantitative estimate of drug-likeness (QED) is 0.0535. The zero-order valence-corrected chi connectivity index (χ0v) is 30.7. The van der Waals surface area contributed by atoms with E-state index >= 15 is 0 Å². The number of rotatable bonds is 35. The van der Waals surface area contributed by atoms with Crippen molar-refractivity contribution >= 4 is 12.0 Å². The molecule has 0 bridgehead atoms. The molecule has 0 aliphatic heterocycles. The second-order valence-electron chi connectivity index (χ2n) is 13.4. The predicted molar refractivity (Wildman–Crippen MR) is 193 cm³/mol. The van der Waals surface area contributed by atoms with Gasteiger partial charge >= 0.3 is 12.0 Å². The van der Waals surface area contributed by atoms with Crippen molar-refractivity contribution in [2.45, 2.75) is 220 Å². The molecule has 268 valence electrons. The van der Waals surface area contributed by atoms with Crippen LogP contribution in [0.5, 0.6) is 0 Å². The Bertz CT molecular complexity index is 630. The third kappa shape index (κ3) is 32.4. The van der Waals surface area contributed by atoms with Crippen LogP contribution in [0.15, 0.2) is 0 Å². The maximum atomic E-state index is 12.6. The van der Waals surface area contributed by atoms with Gasteiger partial charge in [-0.05, 0) is 32.1 Å². The summed E-state index contributed by atoms with van der Waals surface area (Å²) in [5.74, 6) is -0.0521. The molecule has 0 aromatic heterocycles. The fourth-order valence-electron chi connectivity index (χ4n) is 5.82. The molecule has 0 fully saturated rings. The van der Waals surface area contributed by atoms with Crippen molar-refractivity contribution in [3.8, 4) is 0 Å². The molecular weight excluding hydrogens is 560 g/mol. The fourth-order valence-corrected chi connectivity index (χ4v) is 5.82. The van der Waals surface area contributed by atoms with Gasteiger partial charge in [0.05, 0.1) is 19.3 Å². The van der Waals surface area contributed by atoms with Gasteiger partial charge in [0.25, 0.3) is 0 Å². The van der Waals surface area contributed by atoms with Gasteiger partial charge in [-0.1, -0.05) is 163 Å². The summed E-state index contributed by atoms with van der Waals surface area (Å²) in [5, 5.41) is 6.08. The fraction of sp³-hybridized carbons (Fsp3) is 0.949. The highest BCUT2D eigenvalue weighted by atomic mass is 16.5. The third-order valence-electron chi connectivity index (χ3n) is 8.96. The molecule has 0 spiro atoms. The number of hydrogen-bond donors (Lipinski definition) is 2. The van der Waals surface area contributed by atoms with Crippen LogP contribution < -0.4 is 10.6 Å². The van der Waals surface area contributed by atoms with E-state index in [0.717, 1.165) is 51.5 Å². The number of hydrogen-bond acceptors (Lipinski definition) is 4. The molecule has 0 saturated carbocycles. The Balaban J connectivity index is 4.15. The van der Waals surface area contributed by atoms with Crippen LogP contribution in [0.4, 0.5) is 4.79 Å². The van der Waals surface area contributed by atoms with Gasteiger partial charge in [-0.2, -0.15) is 0 Å². The van der Waals surface area contributed by atoms with E-state index in [1.54, 1.807) is 0 Å². The van der Waals surface area contributed by atoms with E-state index < -0.39 is 0 Å².